The molecule has 0 atom stereocenters. The second-order valence-electron chi connectivity index (χ2n) is 4.66. The summed E-state index contributed by atoms with van der Waals surface area (Å²) in [5.41, 5.74) is 0.870. The monoisotopic (exact) mass is 312 g/mol. The number of aromatic carboxylic acids is 1. The molecule has 5 nitrogen and oxygen atoms in total. The third-order valence-electron chi connectivity index (χ3n) is 3.26. The first-order valence-electron chi connectivity index (χ1n) is 6.83. The first kappa shape index (κ1) is 16.3. The van der Waals surface area contributed by atoms with Crippen LogP contribution in [0, 0.1) is 0 Å². The number of carbonyl (C=O) groups is 2. The van der Waals surface area contributed by atoms with E-state index in [9.17, 15) is 9.59 Å². The SMILES string of the molecule is COc1ccc(C=CC(=O)c2ccccc2C(=O)O)cc1OC. The molecule has 2 rings (SSSR count). The molecule has 0 aliphatic rings. The van der Waals surface area contributed by atoms with Gasteiger partial charge in [-0.1, -0.05) is 30.3 Å². The Balaban J connectivity index is 2.27. The molecule has 23 heavy (non-hydrogen) atoms. The number of carboxylic acids is 1. The van der Waals surface area contributed by atoms with E-state index in [1.165, 1.54) is 25.3 Å². The zero-order valence-corrected chi connectivity index (χ0v) is 12.8. The number of carbonyl (C=O) groups excluding carboxylic acids is 1. The van der Waals surface area contributed by atoms with Crippen molar-refractivity contribution in [2.45, 2.75) is 0 Å². The minimum absolute atomic E-state index is 0.0190. The molecule has 5 heteroatoms. The van der Waals surface area contributed by atoms with Crippen molar-refractivity contribution in [1.29, 1.82) is 0 Å². The van der Waals surface area contributed by atoms with Gasteiger partial charge in [0, 0.05) is 5.56 Å². The summed E-state index contributed by atoms with van der Waals surface area (Å²) in [6.07, 6.45) is 2.94. The average molecular weight is 312 g/mol. The van der Waals surface area contributed by atoms with Crippen LogP contribution in [0.1, 0.15) is 26.3 Å². The molecule has 0 aliphatic heterocycles. The number of ether oxygens (including phenoxy) is 2. The third-order valence-corrected chi connectivity index (χ3v) is 3.26. The fourth-order valence-electron chi connectivity index (χ4n) is 2.10. The van der Waals surface area contributed by atoms with E-state index >= 15 is 0 Å². The highest BCUT2D eigenvalue weighted by molar-refractivity contribution is 6.12. The molecule has 0 bridgehead atoms. The van der Waals surface area contributed by atoms with Crippen LogP contribution in [0.2, 0.25) is 0 Å². The van der Waals surface area contributed by atoms with Gasteiger partial charge >= 0.3 is 5.97 Å². The van der Waals surface area contributed by atoms with Gasteiger partial charge in [-0.2, -0.15) is 0 Å². The molecule has 0 saturated carbocycles. The molecule has 0 saturated heterocycles. The van der Waals surface area contributed by atoms with Gasteiger partial charge < -0.3 is 14.6 Å². The van der Waals surface area contributed by atoms with Gasteiger partial charge in [-0.05, 0) is 29.8 Å². The molecule has 0 fully saturated rings. The van der Waals surface area contributed by atoms with E-state index in [1.54, 1.807) is 43.5 Å². The summed E-state index contributed by atoms with van der Waals surface area (Å²) in [4.78, 5) is 23.4. The topological polar surface area (TPSA) is 72.8 Å². The van der Waals surface area contributed by atoms with Crippen LogP contribution >= 0.6 is 0 Å². The predicted molar refractivity (Wildman–Crippen MR) is 86.3 cm³/mol. The minimum Gasteiger partial charge on any atom is -0.493 e. The van der Waals surface area contributed by atoms with Crippen molar-refractivity contribution in [3.63, 3.8) is 0 Å². The Hall–Kier alpha value is -3.08. The van der Waals surface area contributed by atoms with Crippen molar-refractivity contribution in [2.24, 2.45) is 0 Å². The molecule has 1 N–H and O–H groups in total. The number of hydrogen-bond donors (Lipinski definition) is 1. The van der Waals surface area contributed by atoms with Gasteiger partial charge in [-0.25, -0.2) is 4.79 Å². The summed E-state index contributed by atoms with van der Waals surface area (Å²) < 4.78 is 10.3. The lowest BCUT2D eigenvalue weighted by Gasteiger charge is -2.07. The van der Waals surface area contributed by atoms with Crippen LogP contribution in [0.4, 0.5) is 0 Å². The Morgan fingerprint density at radius 3 is 2.22 bits per heavy atom. The van der Waals surface area contributed by atoms with Gasteiger partial charge in [-0.3, -0.25) is 4.79 Å². The lowest BCUT2D eigenvalue weighted by molar-refractivity contribution is 0.0693. The largest absolute Gasteiger partial charge is 0.493 e. The highest BCUT2D eigenvalue weighted by Gasteiger charge is 2.13. The van der Waals surface area contributed by atoms with Gasteiger partial charge in [0.15, 0.2) is 17.3 Å². The quantitative estimate of drug-likeness (QED) is 0.654. The van der Waals surface area contributed by atoms with E-state index in [0.717, 1.165) is 5.56 Å². The number of ketones is 1. The highest BCUT2D eigenvalue weighted by atomic mass is 16.5. The molecular weight excluding hydrogens is 296 g/mol. The lowest BCUT2D eigenvalue weighted by Crippen LogP contribution is -2.06. The van der Waals surface area contributed by atoms with Crippen LogP contribution in [0.3, 0.4) is 0 Å². The maximum atomic E-state index is 12.2. The van der Waals surface area contributed by atoms with Crippen LogP contribution in [0.25, 0.3) is 6.08 Å². The second kappa shape index (κ2) is 7.26. The Kier molecular flexibility index (Phi) is 5.15. The molecule has 0 radical (unpaired) electrons. The Morgan fingerprint density at radius 2 is 1.61 bits per heavy atom. The molecule has 0 aliphatic carbocycles. The number of allylic oxidation sites excluding steroid dienone is 1. The van der Waals surface area contributed by atoms with E-state index in [2.05, 4.69) is 0 Å². The van der Waals surface area contributed by atoms with E-state index in [1.807, 2.05) is 0 Å². The van der Waals surface area contributed by atoms with Crippen LogP contribution in [0.5, 0.6) is 11.5 Å². The fourth-order valence-corrected chi connectivity index (χ4v) is 2.10. The molecular formula is C18H16O5. The zero-order chi connectivity index (χ0) is 16.8. The first-order chi connectivity index (χ1) is 11.1. The number of methoxy groups -OCH3 is 2. The molecule has 2 aromatic carbocycles. The van der Waals surface area contributed by atoms with Crippen LogP contribution in [0.15, 0.2) is 48.5 Å². The molecule has 0 spiro atoms. The fraction of sp³-hybridized carbons (Fsp3) is 0.111. The Labute approximate surface area is 133 Å². The number of carboxylic acid groups (broad SMARTS) is 1. The molecule has 0 unspecified atom stereocenters. The van der Waals surface area contributed by atoms with Crippen LogP contribution in [-0.2, 0) is 0 Å². The summed E-state index contributed by atoms with van der Waals surface area (Å²) in [5, 5.41) is 9.12. The van der Waals surface area contributed by atoms with Crippen molar-refractivity contribution >= 4 is 17.8 Å². The van der Waals surface area contributed by atoms with Crippen molar-refractivity contribution in [1.82, 2.24) is 0 Å². The molecule has 0 amide bonds. The van der Waals surface area contributed by atoms with Crippen molar-refractivity contribution < 1.29 is 24.2 Å². The molecule has 0 heterocycles. The molecule has 0 aromatic heterocycles. The van der Waals surface area contributed by atoms with Crippen molar-refractivity contribution in [3.05, 3.63) is 65.2 Å². The summed E-state index contributed by atoms with van der Waals surface area (Å²) >= 11 is 0. The normalized spacial score (nSPS) is 10.5. The van der Waals surface area contributed by atoms with Gasteiger partial charge in [0.25, 0.3) is 0 Å². The predicted octanol–water partition coefficient (Wildman–Crippen LogP) is 3.30. The summed E-state index contributed by atoms with van der Waals surface area (Å²) in [6, 6.07) is 11.3. The number of benzene rings is 2. The standard InChI is InChI=1S/C18H16O5/c1-22-16-10-8-12(11-17(16)23-2)7-9-15(19)13-5-3-4-6-14(13)18(20)21/h3-11H,1-2H3,(H,20,21). The number of rotatable bonds is 6. The van der Waals surface area contributed by atoms with E-state index < -0.39 is 5.97 Å². The zero-order valence-electron chi connectivity index (χ0n) is 12.8. The third kappa shape index (κ3) is 3.77. The highest BCUT2D eigenvalue weighted by Crippen LogP contribution is 2.28. The van der Waals surface area contributed by atoms with E-state index in [4.69, 9.17) is 14.6 Å². The summed E-state index contributed by atoms with van der Waals surface area (Å²) in [6.45, 7) is 0. The minimum atomic E-state index is -1.13. The average Bonchev–Trinajstić information content (AvgIpc) is 2.59. The summed E-state index contributed by atoms with van der Waals surface area (Å²) in [5.74, 6) is -0.369. The van der Waals surface area contributed by atoms with Crippen LogP contribution in [-0.4, -0.2) is 31.1 Å². The van der Waals surface area contributed by atoms with E-state index in [-0.39, 0.29) is 16.9 Å². The van der Waals surface area contributed by atoms with Gasteiger partial charge in [0.2, 0.25) is 0 Å². The smallest absolute Gasteiger partial charge is 0.336 e. The molecule has 2 aromatic rings. The second-order valence-corrected chi connectivity index (χ2v) is 4.66. The maximum Gasteiger partial charge on any atom is 0.336 e. The Morgan fingerprint density at radius 1 is 0.957 bits per heavy atom. The number of hydrogen-bond acceptors (Lipinski definition) is 4. The van der Waals surface area contributed by atoms with Crippen molar-refractivity contribution in [3.8, 4) is 11.5 Å². The van der Waals surface area contributed by atoms with Gasteiger partial charge in [-0.15, -0.1) is 0 Å². The van der Waals surface area contributed by atoms with Gasteiger partial charge in [0.1, 0.15) is 0 Å². The lowest BCUT2D eigenvalue weighted by atomic mass is 10.0. The molecule has 118 valence electrons. The first-order valence-corrected chi connectivity index (χ1v) is 6.83. The summed E-state index contributed by atoms with van der Waals surface area (Å²) in [7, 11) is 3.07. The van der Waals surface area contributed by atoms with Crippen molar-refractivity contribution in [2.75, 3.05) is 14.2 Å². The Bertz CT molecular complexity index is 762. The van der Waals surface area contributed by atoms with Gasteiger partial charge in [0.05, 0.1) is 19.8 Å². The van der Waals surface area contributed by atoms with Crippen LogP contribution < -0.4 is 9.47 Å². The van der Waals surface area contributed by atoms with E-state index in [0.29, 0.717) is 11.5 Å². The maximum absolute atomic E-state index is 12.2.